The molecule has 0 fully saturated rings. The lowest BCUT2D eigenvalue weighted by atomic mass is 10.2. The van der Waals surface area contributed by atoms with Crippen molar-refractivity contribution in [2.24, 2.45) is 0 Å². The molecule has 0 aliphatic carbocycles. The highest BCUT2D eigenvalue weighted by molar-refractivity contribution is 6.31. The molecule has 0 saturated heterocycles. The van der Waals surface area contributed by atoms with E-state index in [1.165, 1.54) is 0 Å². The molecule has 25 heavy (non-hydrogen) atoms. The number of rotatable bonds is 6. The van der Waals surface area contributed by atoms with Crippen LogP contribution in [0.15, 0.2) is 67.3 Å². The van der Waals surface area contributed by atoms with Gasteiger partial charge in [-0.25, -0.2) is 0 Å². The molecule has 2 N–H and O–H groups in total. The van der Waals surface area contributed by atoms with Crippen LogP contribution in [0.5, 0.6) is 0 Å². The van der Waals surface area contributed by atoms with E-state index in [1.54, 1.807) is 36.9 Å². The first-order valence-corrected chi connectivity index (χ1v) is 8.19. The first-order chi connectivity index (χ1) is 12.2. The normalized spacial score (nSPS) is 10.3. The van der Waals surface area contributed by atoms with Crippen LogP contribution in [0.1, 0.15) is 21.5 Å². The van der Waals surface area contributed by atoms with Crippen LogP contribution in [0.25, 0.3) is 0 Å². The SMILES string of the molecule is O=C(NCc1ccccc1Cl)c1cncc(NCc2ccncc2)c1. The third kappa shape index (κ3) is 4.78. The smallest absolute Gasteiger partial charge is 0.253 e. The van der Waals surface area contributed by atoms with Gasteiger partial charge in [0.15, 0.2) is 0 Å². The maximum absolute atomic E-state index is 12.3. The van der Waals surface area contributed by atoms with Crippen molar-refractivity contribution >= 4 is 23.2 Å². The van der Waals surface area contributed by atoms with Gasteiger partial charge >= 0.3 is 0 Å². The molecule has 0 atom stereocenters. The summed E-state index contributed by atoms with van der Waals surface area (Å²) in [5.74, 6) is -0.194. The third-order valence-corrected chi connectivity index (χ3v) is 4.01. The number of nitrogens with one attached hydrogen (secondary N) is 2. The van der Waals surface area contributed by atoms with E-state index in [2.05, 4.69) is 20.6 Å². The van der Waals surface area contributed by atoms with E-state index >= 15 is 0 Å². The van der Waals surface area contributed by atoms with Gasteiger partial charge in [-0.2, -0.15) is 0 Å². The van der Waals surface area contributed by atoms with Crippen LogP contribution in [0.3, 0.4) is 0 Å². The average molecular weight is 353 g/mol. The molecule has 5 nitrogen and oxygen atoms in total. The van der Waals surface area contributed by atoms with Gasteiger partial charge in [-0.3, -0.25) is 14.8 Å². The van der Waals surface area contributed by atoms with Crippen molar-refractivity contribution in [1.82, 2.24) is 15.3 Å². The largest absolute Gasteiger partial charge is 0.380 e. The van der Waals surface area contributed by atoms with Gasteiger partial charge in [0, 0.05) is 42.9 Å². The molecular weight excluding hydrogens is 336 g/mol. The van der Waals surface area contributed by atoms with Crippen LogP contribution in [0, 0.1) is 0 Å². The Bertz CT molecular complexity index is 855. The van der Waals surface area contributed by atoms with Crippen LogP contribution in [0.2, 0.25) is 5.02 Å². The summed E-state index contributed by atoms with van der Waals surface area (Å²) < 4.78 is 0. The fourth-order valence-corrected chi connectivity index (χ4v) is 2.49. The number of anilines is 1. The standard InChI is InChI=1S/C19H17ClN4O/c20-18-4-2-1-3-15(18)12-24-19(25)16-9-17(13-22-11-16)23-10-14-5-7-21-8-6-14/h1-9,11,13,23H,10,12H2,(H,24,25). The Balaban J connectivity index is 1.60. The lowest BCUT2D eigenvalue weighted by Gasteiger charge is -2.09. The molecule has 1 amide bonds. The highest BCUT2D eigenvalue weighted by atomic mass is 35.5. The minimum Gasteiger partial charge on any atom is -0.380 e. The summed E-state index contributed by atoms with van der Waals surface area (Å²) >= 11 is 6.10. The van der Waals surface area contributed by atoms with Gasteiger partial charge in [0.2, 0.25) is 0 Å². The molecule has 126 valence electrons. The molecule has 0 unspecified atom stereocenters. The van der Waals surface area contributed by atoms with Gasteiger partial charge in [0.1, 0.15) is 0 Å². The van der Waals surface area contributed by atoms with Crippen molar-refractivity contribution in [2.45, 2.75) is 13.1 Å². The Labute approximate surface area is 151 Å². The number of carbonyl (C=O) groups excluding carboxylic acids is 1. The maximum Gasteiger partial charge on any atom is 0.253 e. The number of amides is 1. The molecule has 0 aliphatic rings. The number of aromatic nitrogens is 2. The average Bonchev–Trinajstić information content (AvgIpc) is 2.66. The van der Waals surface area contributed by atoms with Crippen LogP contribution < -0.4 is 10.6 Å². The molecule has 0 radical (unpaired) electrons. The van der Waals surface area contributed by atoms with Crippen LogP contribution >= 0.6 is 11.6 Å². The molecule has 0 bridgehead atoms. The molecule has 3 aromatic rings. The number of pyridine rings is 2. The van der Waals surface area contributed by atoms with Crippen LogP contribution in [0.4, 0.5) is 5.69 Å². The van der Waals surface area contributed by atoms with Crippen molar-refractivity contribution in [1.29, 1.82) is 0 Å². The Morgan fingerprint density at radius 2 is 1.80 bits per heavy atom. The highest BCUT2D eigenvalue weighted by Gasteiger charge is 2.08. The molecule has 0 aliphatic heterocycles. The Hall–Kier alpha value is -2.92. The number of halogens is 1. The summed E-state index contributed by atoms with van der Waals surface area (Å²) in [6, 6.07) is 13.1. The minimum absolute atomic E-state index is 0.194. The quantitative estimate of drug-likeness (QED) is 0.710. The fraction of sp³-hybridized carbons (Fsp3) is 0.105. The van der Waals surface area contributed by atoms with E-state index in [-0.39, 0.29) is 5.91 Å². The van der Waals surface area contributed by atoms with E-state index in [4.69, 9.17) is 11.6 Å². The predicted molar refractivity (Wildman–Crippen MR) is 98.4 cm³/mol. The summed E-state index contributed by atoms with van der Waals surface area (Å²) in [5.41, 5.74) is 3.25. The molecule has 3 rings (SSSR count). The van der Waals surface area contributed by atoms with E-state index < -0.39 is 0 Å². The zero-order valence-electron chi connectivity index (χ0n) is 13.4. The van der Waals surface area contributed by atoms with Crippen LogP contribution in [-0.4, -0.2) is 15.9 Å². The van der Waals surface area contributed by atoms with Gasteiger partial charge in [-0.15, -0.1) is 0 Å². The zero-order chi connectivity index (χ0) is 17.5. The summed E-state index contributed by atoms with van der Waals surface area (Å²) in [6.07, 6.45) is 6.72. The highest BCUT2D eigenvalue weighted by Crippen LogP contribution is 2.15. The summed E-state index contributed by atoms with van der Waals surface area (Å²) in [4.78, 5) is 20.4. The van der Waals surface area contributed by atoms with Gasteiger partial charge in [-0.05, 0) is 35.4 Å². The second kappa shape index (κ2) is 8.26. The van der Waals surface area contributed by atoms with E-state index in [1.807, 2.05) is 30.3 Å². The summed E-state index contributed by atoms with van der Waals surface area (Å²) in [5, 5.41) is 6.74. The number of carbonyl (C=O) groups is 1. The Morgan fingerprint density at radius 1 is 1.00 bits per heavy atom. The van der Waals surface area contributed by atoms with Crippen molar-refractivity contribution in [3.8, 4) is 0 Å². The van der Waals surface area contributed by atoms with Gasteiger partial charge < -0.3 is 10.6 Å². The Kier molecular flexibility index (Phi) is 5.59. The van der Waals surface area contributed by atoms with Crippen LogP contribution in [-0.2, 0) is 13.1 Å². The molecule has 6 heteroatoms. The van der Waals surface area contributed by atoms with E-state index in [9.17, 15) is 4.79 Å². The molecule has 2 aromatic heterocycles. The molecule has 0 saturated carbocycles. The topological polar surface area (TPSA) is 66.9 Å². The monoisotopic (exact) mass is 352 g/mol. The van der Waals surface area contributed by atoms with Crippen molar-refractivity contribution in [3.05, 3.63) is 89.0 Å². The van der Waals surface area contributed by atoms with Crippen molar-refractivity contribution in [2.75, 3.05) is 5.32 Å². The number of hydrogen-bond acceptors (Lipinski definition) is 4. The predicted octanol–water partition coefficient (Wildman–Crippen LogP) is 3.67. The number of hydrogen-bond donors (Lipinski definition) is 2. The fourth-order valence-electron chi connectivity index (χ4n) is 2.28. The molecule has 0 spiro atoms. The molecular formula is C19H17ClN4O. The van der Waals surface area contributed by atoms with E-state index in [0.29, 0.717) is 23.7 Å². The lowest BCUT2D eigenvalue weighted by Crippen LogP contribution is -2.23. The summed E-state index contributed by atoms with van der Waals surface area (Å²) in [7, 11) is 0. The Morgan fingerprint density at radius 3 is 2.60 bits per heavy atom. The second-order valence-electron chi connectivity index (χ2n) is 5.45. The van der Waals surface area contributed by atoms with Crippen molar-refractivity contribution < 1.29 is 4.79 Å². The molecule has 1 aromatic carbocycles. The van der Waals surface area contributed by atoms with Gasteiger partial charge in [0.05, 0.1) is 11.3 Å². The van der Waals surface area contributed by atoms with Crippen molar-refractivity contribution in [3.63, 3.8) is 0 Å². The summed E-state index contributed by atoms with van der Waals surface area (Å²) in [6.45, 7) is 1.00. The molecule has 2 heterocycles. The third-order valence-electron chi connectivity index (χ3n) is 3.64. The van der Waals surface area contributed by atoms with Gasteiger partial charge in [0.25, 0.3) is 5.91 Å². The first-order valence-electron chi connectivity index (χ1n) is 7.82. The minimum atomic E-state index is -0.194. The number of nitrogens with zero attached hydrogens (tertiary/aromatic N) is 2. The lowest BCUT2D eigenvalue weighted by molar-refractivity contribution is 0.0950. The number of benzene rings is 1. The first kappa shape index (κ1) is 16.9. The van der Waals surface area contributed by atoms with Gasteiger partial charge in [-0.1, -0.05) is 29.8 Å². The zero-order valence-corrected chi connectivity index (χ0v) is 14.2. The maximum atomic E-state index is 12.3. The second-order valence-corrected chi connectivity index (χ2v) is 5.85. The van der Waals surface area contributed by atoms with E-state index in [0.717, 1.165) is 16.8 Å².